The van der Waals surface area contributed by atoms with Gasteiger partial charge in [0.1, 0.15) is 0 Å². The first-order chi connectivity index (χ1) is 6.97. The number of fused-ring (bicyclic) bond motifs is 1. The Morgan fingerprint density at radius 1 is 1.40 bits per heavy atom. The Labute approximate surface area is 90.4 Å². The molecule has 2 rings (SSSR count). The molecule has 0 aliphatic rings. The number of alkyl halides is 3. The molecule has 15 heavy (non-hydrogen) atoms. The zero-order valence-corrected chi connectivity index (χ0v) is 8.69. The first-order valence-electron chi connectivity index (χ1n) is 3.85. The van der Waals surface area contributed by atoms with Gasteiger partial charge in [-0.2, -0.15) is 0 Å². The fourth-order valence-electron chi connectivity index (χ4n) is 1.19. The van der Waals surface area contributed by atoms with Gasteiger partial charge >= 0.3 is 6.36 Å². The van der Waals surface area contributed by atoms with Crippen molar-refractivity contribution in [2.24, 2.45) is 0 Å². The van der Waals surface area contributed by atoms with Crippen LogP contribution >= 0.6 is 15.9 Å². The molecule has 0 saturated carbocycles. The van der Waals surface area contributed by atoms with E-state index in [1.807, 2.05) is 0 Å². The Morgan fingerprint density at radius 2 is 2.13 bits per heavy atom. The maximum absolute atomic E-state index is 12.0. The third kappa shape index (κ3) is 2.06. The summed E-state index contributed by atoms with van der Waals surface area (Å²) in [6, 6.07) is 1.56. The Kier molecular flexibility index (Phi) is 2.34. The zero-order valence-electron chi connectivity index (χ0n) is 7.10. The lowest BCUT2D eigenvalue weighted by Crippen LogP contribution is -2.18. The summed E-state index contributed by atoms with van der Waals surface area (Å²) in [5.41, 5.74) is 0.524. The fourth-order valence-corrected chi connectivity index (χ4v) is 1.69. The van der Waals surface area contributed by atoms with Crippen LogP contribution in [0.15, 0.2) is 22.9 Å². The molecule has 2 aromatic heterocycles. The second-order valence-electron chi connectivity index (χ2n) is 2.72. The summed E-state index contributed by atoms with van der Waals surface area (Å²) in [5, 5.41) is 0.273. The minimum Gasteiger partial charge on any atom is -0.387 e. The Morgan fingerprint density at radius 3 is 2.80 bits per heavy atom. The lowest BCUT2D eigenvalue weighted by Gasteiger charge is -2.08. The molecule has 0 saturated heterocycles. The normalized spacial score (nSPS) is 12.0. The van der Waals surface area contributed by atoms with Gasteiger partial charge in [-0.3, -0.25) is 0 Å². The smallest absolute Gasteiger partial charge is 0.387 e. The molecule has 0 atom stereocenters. The number of halogens is 4. The molecular formula is C8H4BrF3N2O. The third-order valence-corrected chi connectivity index (χ3v) is 2.35. The number of nitrogens with zero attached hydrogens (tertiary/aromatic N) is 1. The number of hydrogen-bond donors (Lipinski definition) is 1. The maximum Gasteiger partial charge on any atom is 0.574 e. The minimum atomic E-state index is -4.74. The van der Waals surface area contributed by atoms with Crippen molar-refractivity contribution in [1.29, 1.82) is 0 Å². The van der Waals surface area contributed by atoms with Crippen molar-refractivity contribution >= 4 is 26.8 Å². The molecule has 2 heterocycles. The average molecular weight is 281 g/mol. The highest BCUT2D eigenvalue weighted by Gasteiger charge is 2.33. The second kappa shape index (κ2) is 3.41. The molecule has 7 heteroatoms. The van der Waals surface area contributed by atoms with Crippen LogP contribution in [0.2, 0.25) is 0 Å². The molecule has 0 aliphatic carbocycles. The van der Waals surface area contributed by atoms with Crippen molar-refractivity contribution in [3.05, 3.63) is 22.9 Å². The number of hydrogen-bond acceptors (Lipinski definition) is 2. The topological polar surface area (TPSA) is 37.9 Å². The van der Waals surface area contributed by atoms with E-state index in [-0.39, 0.29) is 5.39 Å². The van der Waals surface area contributed by atoms with Crippen LogP contribution in [-0.4, -0.2) is 16.3 Å². The molecule has 0 aliphatic heterocycles. The van der Waals surface area contributed by atoms with E-state index in [1.54, 1.807) is 6.07 Å². The molecule has 0 bridgehead atoms. The first kappa shape index (κ1) is 10.3. The van der Waals surface area contributed by atoms with Gasteiger partial charge in [-0.05, 0) is 22.0 Å². The van der Waals surface area contributed by atoms with Crippen molar-refractivity contribution in [2.45, 2.75) is 6.36 Å². The fraction of sp³-hybridized carbons (Fsp3) is 0.125. The van der Waals surface area contributed by atoms with Crippen LogP contribution in [0.4, 0.5) is 13.2 Å². The Bertz CT molecular complexity index is 494. The number of nitrogens with one attached hydrogen (secondary N) is 1. The van der Waals surface area contributed by atoms with E-state index in [9.17, 15) is 13.2 Å². The van der Waals surface area contributed by atoms with Crippen LogP contribution in [0, 0.1) is 0 Å². The highest BCUT2D eigenvalue weighted by molar-refractivity contribution is 9.10. The van der Waals surface area contributed by atoms with E-state index in [0.717, 1.165) is 0 Å². The van der Waals surface area contributed by atoms with Crippen molar-refractivity contribution in [2.75, 3.05) is 0 Å². The second-order valence-corrected chi connectivity index (χ2v) is 3.58. The molecule has 0 aromatic carbocycles. The van der Waals surface area contributed by atoms with E-state index in [4.69, 9.17) is 0 Å². The third-order valence-electron chi connectivity index (χ3n) is 1.72. The quantitative estimate of drug-likeness (QED) is 0.871. The van der Waals surface area contributed by atoms with Crippen molar-refractivity contribution in [1.82, 2.24) is 9.97 Å². The van der Waals surface area contributed by atoms with E-state index in [2.05, 4.69) is 30.6 Å². The summed E-state index contributed by atoms with van der Waals surface area (Å²) < 4.78 is 40.3. The van der Waals surface area contributed by atoms with Gasteiger partial charge in [-0.1, -0.05) is 0 Å². The molecule has 0 radical (unpaired) electrons. The van der Waals surface area contributed by atoms with E-state index >= 15 is 0 Å². The summed E-state index contributed by atoms with van der Waals surface area (Å²) in [5.74, 6) is -0.465. The number of pyridine rings is 1. The predicted octanol–water partition coefficient (Wildman–Crippen LogP) is 3.22. The lowest BCUT2D eigenvalue weighted by atomic mass is 10.3. The predicted molar refractivity (Wildman–Crippen MR) is 50.5 cm³/mol. The Balaban J connectivity index is 2.55. The summed E-state index contributed by atoms with van der Waals surface area (Å²) in [6.07, 6.45) is -1.97. The number of aromatic amines is 1. The monoisotopic (exact) mass is 280 g/mol. The maximum atomic E-state index is 12.0. The summed E-state index contributed by atoms with van der Waals surface area (Å²) >= 11 is 3.11. The van der Waals surface area contributed by atoms with Gasteiger partial charge in [-0.15, -0.1) is 13.2 Å². The van der Waals surface area contributed by atoms with Gasteiger partial charge in [0.05, 0.1) is 10.9 Å². The van der Waals surface area contributed by atoms with Gasteiger partial charge in [-0.25, -0.2) is 4.98 Å². The average Bonchev–Trinajstić information content (AvgIpc) is 2.46. The molecule has 3 nitrogen and oxygen atoms in total. The molecule has 0 fully saturated rings. The lowest BCUT2D eigenvalue weighted by molar-refractivity contribution is -0.275. The number of H-pyrrole nitrogens is 1. The molecule has 1 N–H and O–H groups in total. The number of rotatable bonds is 1. The van der Waals surface area contributed by atoms with Crippen molar-refractivity contribution < 1.29 is 17.9 Å². The van der Waals surface area contributed by atoms with Crippen molar-refractivity contribution in [3.8, 4) is 5.88 Å². The van der Waals surface area contributed by atoms with Crippen LogP contribution in [0.25, 0.3) is 10.9 Å². The van der Waals surface area contributed by atoms with Gasteiger partial charge < -0.3 is 9.72 Å². The van der Waals surface area contributed by atoms with E-state index in [0.29, 0.717) is 9.99 Å². The molecule has 80 valence electrons. The molecule has 0 unspecified atom stereocenters. The largest absolute Gasteiger partial charge is 0.574 e. The van der Waals surface area contributed by atoms with Crippen LogP contribution < -0.4 is 4.74 Å². The number of aromatic nitrogens is 2. The van der Waals surface area contributed by atoms with Crippen LogP contribution in [0.5, 0.6) is 5.88 Å². The Hall–Kier alpha value is -1.24. The highest BCUT2D eigenvalue weighted by Crippen LogP contribution is 2.33. The van der Waals surface area contributed by atoms with Crippen LogP contribution in [0.3, 0.4) is 0 Å². The molecule has 0 spiro atoms. The SMILES string of the molecule is FC(F)(F)Oc1nccc2[nH]cc(Br)c12. The summed E-state index contributed by atoms with van der Waals surface area (Å²) in [6.45, 7) is 0. The molecule has 2 aromatic rings. The van der Waals surface area contributed by atoms with Crippen LogP contribution in [0.1, 0.15) is 0 Å². The highest BCUT2D eigenvalue weighted by atomic mass is 79.9. The minimum absolute atomic E-state index is 0.273. The van der Waals surface area contributed by atoms with E-state index in [1.165, 1.54) is 12.4 Å². The van der Waals surface area contributed by atoms with Gasteiger partial charge in [0.25, 0.3) is 0 Å². The molecule has 0 amide bonds. The summed E-state index contributed by atoms with van der Waals surface area (Å²) in [4.78, 5) is 6.31. The van der Waals surface area contributed by atoms with Gasteiger partial charge in [0.15, 0.2) is 0 Å². The van der Waals surface area contributed by atoms with Gasteiger partial charge in [0.2, 0.25) is 5.88 Å². The first-order valence-corrected chi connectivity index (χ1v) is 4.64. The standard InChI is InChI=1S/C8H4BrF3N2O/c9-4-3-14-5-1-2-13-7(6(4)5)15-8(10,11)12/h1-3,14H. The van der Waals surface area contributed by atoms with E-state index < -0.39 is 12.2 Å². The number of ether oxygens (including phenoxy) is 1. The molecular weight excluding hydrogens is 277 g/mol. The van der Waals surface area contributed by atoms with Crippen molar-refractivity contribution in [3.63, 3.8) is 0 Å². The van der Waals surface area contributed by atoms with Crippen LogP contribution in [-0.2, 0) is 0 Å². The summed E-state index contributed by atoms with van der Waals surface area (Å²) in [7, 11) is 0. The zero-order chi connectivity index (χ0) is 11.1. The van der Waals surface area contributed by atoms with Gasteiger partial charge in [0, 0.05) is 16.9 Å².